The topological polar surface area (TPSA) is 32.3 Å². The first-order valence-corrected chi connectivity index (χ1v) is 6.23. The zero-order valence-corrected chi connectivity index (χ0v) is 9.97. The van der Waals surface area contributed by atoms with E-state index in [1.54, 1.807) is 0 Å². The highest BCUT2D eigenvalue weighted by Crippen LogP contribution is 2.31. The molecule has 2 rings (SSSR count). The molecule has 2 aliphatic heterocycles. The maximum Gasteiger partial charge on any atom is 0.239 e. The molecular weight excluding hydrogens is 207 g/mol. The van der Waals surface area contributed by atoms with E-state index >= 15 is 0 Å². The second kappa shape index (κ2) is 4.70. The number of likely N-dealkylation sites (tertiary alicyclic amines) is 1. The molecule has 16 heavy (non-hydrogen) atoms. The maximum absolute atomic E-state index is 12.8. The summed E-state index contributed by atoms with van der Waals surface area (Å²) in [6, 6.07) is 0.0229. The third-order valence-electron chi connectivity index (χ3n) is 3.96. The van der Waals surface area contributed by atoms with E-state index < -0.39 is 0 Å². The number of rotatable bonds is 2. The largest absolute Gasteiger partial charge is 0.341 e. The fourth-order valence-corrected chi connectivity index (χ4v) is 2.52. The SMILES string of the molecule is CC1(CF)CCN(C(=O)[C@@H]2CCCN2)CC1. The number of alkyl halides is 1. The van der Waals surface area contributed by atoms with Gasteiger partial charge >= 0.3 is 0 Å². The van der Waals surface area contributed by atoms with Crippen LogP contribution in [0.1, 0.15) is 32.6 Å². The Morgan fingerprint density at radius 2 is 2.19 bits per heavy atom. The molecule has 0 bridgehead atoms. The number of piperidine rings is 1. The van der Waals surface area contributed by atoms with E-state index in [0.717, 1.165) is 45.3 Å². The number of hydrogen-bond acceptors (Lipinski definition) is 2. The van der Waals surface area contributed by atoms with Crippen LogP contribution >= 0.6 is 0 Å². The van der Waals surface area contributed by atoms with Gasteiger partial charge < -0.3 is 10.2 Å². The van der Waals surface area contributed by atoms with Crippen LogP contribution in [0.3, 0.4) is 0 Å². The Labute approximate surface area is 96.4 Å². The van der Waals surface area contributed by atoms with Gasteiger partial charge in [-0.05, 0) is 37.6 Å². The van der Waals surface area contributed by atoms with Crippen LogP contribution in [0.2, 0.25) is 0 Å². The summed E-state index contributed by atoms with van der Waals surface area (Å²) in [5.41, 5.74) is -0.195. The number of hydrogen-bond donors (Lipinski definition) is 1. The number of nitrogens with one attached hydrogen (secondary N) is 1. The number of nitrogens with zero attached hydrogens (tertiary/aromatic N) is 1. The number of amides is 1. The van der Waals surface area contributed by atoms with Crippen molar-refractivity contribution in [2.45, 2.75) is 38.6 Å². The fourth-order valence-electron chi connectivity index (χ4n) is 2.52. The molecule has 0 radical (unpaired) electrons. The van der Waals surface area contributed by atoms with Gasteiger partial charge in [0.2, 0.25) is 5.91 Å². The normalized spacial score (nSPS) is 29.4. The molecule has 0 aromatic carbocycles. The first kappa shape index (κ1) is 11.8. The standard InChI is InChI=1S/C12H21FN2O/c1-12(9-13)4-7-15(8-5-12)11(16)10-3-2-6-14-10/h10,14H,2-9H2,1H3/t10-/m0/s1. The predicted molar refractivity (Wildman–Crippen MR) is 60.9 cm³/mol. The highest BCUT2D eigenvalue weighted by Gasteiger charge is 2.34. The van der Waals surface area contributed by atoms with Gasteiger partial charge in [-0.25, -0.2) is 0 Å². The van der Waals surface area contributed by atoms with Crippen molar-refractivity contribution in [1.82, 2.24) is 10.2 Å². The van der Waals surface area contributed by atoms with E-state index in [1.807, 2.05) is 11.8 Å². The molecule has 1 N–H and O–H groups in total. The van der Waals surface area contributed by atoms with E-state index in [0.29, 0.717) is 0 Å². The lowest BCUT2D eigenvalue weighted by Crippen LogP contribution is -2.49. The van der Waals surface area contributed by atoms with Gasteiger partial charge in [-0.15, -0.1) is 0 Å². The molecule has 92 valence electrons. The van der Waals surface area contributed by atoms with E-state index in [9.17, 15) is 9.18 Å². The van der Waals surface area contributed by atoms with E-state index in [1.165, 1.54) is 0 Å². The van der Waals surface area contributed by atoms with Crippen LogP contribution in [-0.2, 0) is 4.79 Å². The van der Waals surface area contributed by atoms with Crippen molar-refractivity contribution in [3.8, 4) is 0 Å². The Morgan fingerprint density at radius 1 is 1.50 bits per heavy atom. The molecule has 4 heteroatoms. The van der Waals surface area contributed by atoms with Gasteiger partial charge in [-0.2, -0.15) is 0 Å². The van der Waals surface area contributed by atoms with Gasteiger partial charge in [0, 0.05) is 13.1 Å². The molecule has 1 atom stereocenters. The molecule has 0 saturated carbocycles. The van der Waals surface area contributed by atoms with Crippen LogP contribution in [0, 0.1) is 5.41 Å². The van der Waals surface area contributed by atoms with Crippen molar-refractivity contribution in [2.24, 2.45) is 5.41 Å². The highest BCUT2D eigenvalue weighted by atomic mass is 19.1. The van der Waals surface area contributed by atoms with Crippen LogP contribution in [0.25, 0.3) is 0 Å². The first-order valence-electron chi connectivity index (χ1n) is 6.23. The molecule has 3 nitrogen and oxygen atoms in total. The summed E-state index contributed by atoms with van der Waals surface area (Å²) in [5.74, 6) is 0.221. The molecule has 0 aromatic rings. The molecule has 0 spiro atoms. The minimum absolute atomic E-state index is 0.0229. The van der Waals surface area contributed by atoms with Gasteiger partial charge in [0.15, 0.2) is 0 Å². The summed E-state index contributed by atoms with van der Waals surface area (Å²) in [7, 11) is 0. The van der Waals surface area contributed by atoms with Crippen LogP contribution in [0.5, 0.6) is 0 Å². The number of carbonyl (C=O) groups excluding carboxylic acids is 1. The monoisotopic (exact) mass is 228 g/mol. The van der Waals surface area contributed by atoms with Crippen molar-refractivity contribution < 1.29 is 9.18 Å². The van der Waals surface area contributed by atoms with E-state index in [4.69, 9.17) is 0 Å². The van der Waals surface area contributed by atoms with Crippen molar-refractivity contribution in [3.63, 3.8) is 0 Å². The van der Waals surface area contributed by atoms with Crippen molar-refractivity contribution in [2.75, 3.05) is 26.3 Å². The molecular formula is C12H21FN2O. The zero-order chi connectivity index (χ0) is 11.6. The Bertz CT molecular complexity index is 256. The lowest BCUT2D eigenvalue weighted by molar-refractivity contribution is -0.135. The minimum Gasteiger partial charge on any atom is -0.341 e. The smallest absolute Gasteiger partial charge is 0.239 e. The second-order valence-corrected chi connectivity index (χ2v) is 5.42. The molecule has 0 aromatic heterocycles. The summed E-state index contributed by atoms with van der Waals surface area (Å²) < 4.78 is 12.8. The molecule has 2 saturated heterocycles. The van der Waals surface area contributed by atoms with Gasteiger partial charge in [0.05, 0.1) is 12.7 Å². The van der Waals surface area contributed by atoms with Crippen LogP contribution < -0.4 is 5.32 Å². The number of carbonyl (C=O) groups is 1. The third-order valence-corrected chi connectivity index (χ3v) is 3.96. The molecule has 2 aliphatic rings. The Morgan fingerprint density at radius 3 is 2.69 bits per heavy atom. The van der Waals surface area contributed by atoms with Crippen molar-refractivity contribution in [1.29, 1.82) is 0 Å². The average molecular weight is 228 g/mol. The van der Waals surface area contributed by atoms with Crippen molar-refractivity contribution in [3.05, 3.63) is 0 Å². The molecule has 0 aliphatic carbocycles. The summed E-state index contributed by atoms with van der Waals surface area (Å²) in [6.07, 6.45) is 3.63. The Hall–Kier alpha value is -0.640. The summed E-state index contributed by atoms with van der Waals surface area (Å²) in [4.78, 5) is 14.0. The third kappa shape index (κ3) is 2.37. The molecule has 1 amide bonds. The molecule has 2 heterocycles. The van der Waals surface area contributed by atoms with Crippen LogP contribution in [0.15, 0.2) is 0 Å². The Balaban J connectivity index is 1.86. The number of halogens is 1. The van der Waals surface area contributed by atoms with Crippen LogP contribution in [-0.4, -0.2) is 43.2 Å². The van der Waals surface area contributed by atoms with E-state index in [-0.39, 0.29) is 24.0 Å². The lowest BCUT2D eigenvalue weighted by atomic mass is 9.81. The first-order chi connectivity index (χ1) is 7.64. The summed E-state index contributed by atoms with van der Waals surface area (Å²) >= 11 is 0. The zero-order valence-electron chi connectivity index (χ0n) is 9.97. The Kier molecular flexibility index (Phi) is 3.47. The average Bonchev–Trinajstić information content (AvgIpc) is 2.83. The van der Waals surface area contributed by atoms with Gasteiger partial charge in [-0.3, -0.25) is 9.18 Å². The van der Waals surface area contributed by atoms with E-state index in [2.05, 4.69) is 5.32 Å². The lowest BCUT2D eigenvalue weighted by Gasteiger charge is -2.38. The van der Waals surface area contributed by atoms with Crippen molar-refractivity contribution >= 4 is 5.91 Å². The molecule has 0 unspecified atom stereocenters. The summed E-state index contributed by atoms with van der Waals surface area (Å²) in [5, 5.41) is 3.22. The highest BCUT2D eigenvalue weighted by molar-refractivity contribution is 5.82. The second-order valence-electron chi connectivity index (χ2n) is 5.42. The fraction of sp³-hybridized carbons (Fsp3) is 0.917. The summed E-state index contributed by atoms with van der Waals surface area (Å²) in [6.45, 7) is 4.10. The molecule has 2 fully saturated rings. The predicted octanol–water partition coefficient (Wildman–Crippen LogP) is 1.34. The maximum atomic E-state index is 12.8. The van der Waals surface area contributed by atoms with Gasteiger partial charge in [-0.1, -0.05) is 6.92 Å². The van der Waals surface area contributed by atoms with Crippen LogP contribution in [0.4, 0.5) is 4.39 Å². The van der Waals surface area contributed by atoms with Gasteiger partial charge in [0.25, 0.3) is 0 Å². The quantitative estimate of drug-likeness (QED) is 0.773. The minimum atomic E-state index is -0.267. The van der Waals surface area contributed by atoms with Gasteiger partial charge in [0.1, 0.15) is 0 Å².